The number of carbonyl (C=O) groups excluding carboxylic acids is 2. The standard InChI is InChI=1S/C25H24N2O7/c1-13-10-18(28)17(12-26-27-16-8-6-5-7-9-16)23(30)21(13)25(32)34-19-11-14(2)20(24(31)33-4)22(29)15(19)3/h5-12,27-30H,1-4H3/b26-12-. The number of para-hydroxylation sites is 1. The summed E-state index contributed by atoms with van der Waals surface area (Å²) in [5.74, 6) is -2.82. The number of aryl methyl sites for hydroxylation is 2. The number of hydrogen-bond acceptors (Lipinski definition) is 9. The lowest BCUT2D eigenvalue weighted by atomic mass is 10.0. The van der Waals surface area contributed by atoms with Crippen molar-refractivity contribution in [3.05, 3.63) is 75.8 Å². The van der Waals surface area contributed by atoms with Gasteiger partial charge in [-0.1, -0.05) is 18.2 Å². The number of nitrogens with one attached hydrogen (secondary N) is 1. The van der Waals surface area contributed by atoms with Gasteiger partial charge in [0.25, 0.3) is 0 Å². The van der Waals surface area contributed by atoms with E-state index in [1.54, 1.807) is 19.1 Å². The van der Waals surface area contributed by atoms with Crippen LogP contribution in [0.4, 0.5) is 5.69 Å². The molecule has 0 bridgehead atoms. The number of anilines is 1. The van der Waals surface area contributed by atoms with Crippen molar-refractivity contribution in [1.29, 1.82) is 0 Å². The SMILES string of the molecule is COC(=O)c1c(C)cc(OC(=O)c2c(C)cc(O)c(/C=N\Nc3ccccc3)c2O)c(C)c1O. The van der Waals surface area contributed by atoms with E-state index in [2.05, 4.69) is 15.3 Å². The Morgan fingerprint density at radius 2 is 1.53 bits per heavy atom. The average molecular weight is 464 g/mol. The van der Waals surface area contributed by atoms with Crippen molar-refractivity contribution in [2.75, 3.05) is 12.5 Å². The van der Waals surface area contributed by atoms with Gasteiger partial charge in [0.2, 0.25) is 0 Å². The summed E-state index contributed by atoms with van der Waals surface area (Å²) >= 11 is 0. The topological polar surface area (TPSA) is 138 Å². The third-order valence-electron chi connectivity index (χ3n) is 5.18. The molecule has 0 aromatic heterocycles. The van der Waals surface area contributed by atoms with Crippen molar-refractivity contribution in [3.63, 3.8) is 0 Å². The highest BCUT2D eigenvalue weighted by Gasteiger charge is 2.25. The molecular weight excluding hydrogens is 440 g/mol. The van der Waals surface area contributed by atoms with Gasteiger partial charge in [-0.25, -0.2) is 9.59 Å². The number of aromatic hydroxyl groups is 3. The quantitative estimate of drug-likeness (QED) is 0.184. The van der Waals surface area contributed by atoms with Crippen LogP contribution in [0.5, 0.6) is 23.0 Å². The highest BCUT2D eigenvalue weighted by atomic mass is 16.5. The molecule has 0 heterocycles. The van der Waals surface area contributed by atoms with E-state index in [1.807, 2.05) is 18.2 Å². The molecule has 0 radical (unpaired) electrons. The van der Waals surface area contributed by atoms with Crippen LogP contribution >= 0.6 is 0 Å². The van der Waals surface area contributed by atoms with E-state index in [1.165, 1.54) is 39.3 Å². The van der Waals surface area contributed by atoms with Gasteiger partial charge in [-0.3, -0.25) is 5.43 Å². The Morgan fingerprint density at radius 1 is 0.912 bits per heavy atom. The van der Waals surface area contributed by atoms with E-state index in [9.17, 15) is 24.9 Å². The fourth-order valence-electron chi connectivity index (χ4n) is 3.35. The van der Waals surface area contributed by atoms with E-state index in [-0.39, 0.29) is 45.1 Å². The Labute approximate surface area is 195 Å². The van der Waals surface area contributed by atoms with E-state index in [4.69, 9.17) is 4.74 Å². The molecule has 9 heteroatoms. The van der Waals surface area contributed by atoms with Gasteiger partial charge in [0.05, 0.1) is 24.6 Å². The maximum absolute atomic E-state index is 13.0. The average Bonchev–Trinajstić information content (AvgIpc) is 2.79. The Morgan fingerprint density at radius 3 is 2.18 bits per heavy atom. The lowest BCUT2D eigenvalue weighted by Crippen LogP contribution is -2.13. The van der Waals surface area contributed by atoms with Gasteiger partial charge in [-0.05, 0) is 56.2 Å². The summed E-state index contributed by atoms with van der Waals surface area (Å²) in [7, 11) is 1.19. The Kier molecular flexibility index (Phi) is 7.06. The molecule has 3 rings (SSSR count). The van der Waals surface area contributed by atoms with Gasteiger partial charge < -0.3 is 24.8 Å². The van der Waals surface area contributed by atoms with Crippen LogP contribution < -0.4 is 10.2 Å². The van der Waals surface area contributed by atoms with Crippen LogP contribution in [0, 0.1) is 20.8 Å². The minimum Gasteiger partial charge on any atom is -0.507 e. The molecule has 0 atom stereocenters. The van der Waals surface area contributed by atoms with Gasteiger partial charge in [-0.15, -0.1) is 0 Å². The third kappa shape index (κ3) is 4.78. The molecule has 4 N–H and O–H groups in total. The highest BCUT2D eigenvalue weighted by Crippen LogP contribution is 2.36. The molecular formula is C25H24N2O7. The zero-order valence-electron chi connectivity index (χ0n) is 19.0. The van der Waals surface area contributed by atoms with E-state index in [0.717, 1.165) is 0 Å². The predicted molar refractivity (Wildman–Crippen MR) is 126 cm³/mol. The van der Waals surface area contributed by atoms with Gasteiger partial charge in [0.1, 0.15) is 34.1 Å². The first kappa shape index (κ1) is 24.1. The summed E-state index contributed by atoms with van der Waals surface area (Å²) < 4.78 is 10.1. The summed E-state index contributed by atoms with van der Waals surface area (Å²) in [5, 5.41) is 35.4. The molecule has 176 valence electrons. The maximum atomic E-state index is 13.0. The number of phenols is 3. The third-order valence-corrected chi connectivity index (χ3v) is 5.18. The van der Waals surface area contributed by atoms with E-state index < -0.39 is 17.7 Å². The molecule has 0 fully saturated rings. The van der Waals surface area contributed by atoms with Crippen molar-refractivity contribution >= 4 is 23.8 Å². The van der Waals surface area contributed by atoms with Crippen LogP contribution in [0.3, 0.4) is 0 Å². The summed E-state index contributed by atoms with van der Waals surface area (Å²) in [6.07, 6.45) is 1.18. The number of esters is 2. The van der Waals surface area contributed by atoms with E-state index in [0.29, 0.717) is 11.3 Å². The molecule has 0 saturated carbocycles. The van der Waals surface area contributed by atoms with Gasteiger partial charge in [-0.2, -0.15) is 5.10 Å². The maximum Gasteiger partial charge on any atom is 0.347 e. The summed E-state index contributed by atoms with van der Waals surface area (Å²) in [4.78, 5) is 24.9. The lowest BCUT2D eigenvalue weighted by molar-refractivity contribution is 0.0596. The van der Waals surface area contributed by atoms with Crippen LogP contribution in [-0.4, -0.2) is 40.6 Å². The zero-order valence-corrected chi connectivity index (χ0v) is 19.0. The number of hydrogen-bond donors (Lipinski definition) is 4. The summed E-state index contributed by atoms with van der Waals surface area (Å²) in [6, 6.07) is 11.7. The summed E-state index contributed by atoms with van der Waals surface area (Å²) in [6.45, 7) is 4.55. The predicted octanol–water partition coefficient (Wildman–Crippen LogP) is 4.18. The smallest absolute Gasteiger partial charge is 0.347 e. The summed E-state index contributed by atoms with van der Waals surface area (Å²) in [5.41, 5.74) is 3.88. The molecule has 0 aliphatic carbocycles. The monoisotopic (exact) mass is 464 g/mol. The molecule has 0 unspecified atom stereocenters. The van der Waals surface area contributed by atoms with Crippen LogP contribution in [-0.2, 0) is 4.74 Å². The van der Waals surface area contributed by atoms with Crippen molar-refractivity contribution < 1.29 is 34.4 Å². The van der Waals surface area contributed by atoms with Crippen LogP contribution in [0.15, 0.2) is 47.6 Å². The number of rotatable bonds is 6. The number of methoxy groups -OCH3 is 1. The van der Waals surface area contributed by atoms with Crippen molar-refractivity contribution in [2.24, 2.45) is 5.10 Å². The minimum atomic E-state index is -0.923. The van der Waals surface area contributed by atoms with Gasteiger partial charge >= 0.3 is 11.9 Å². The van der Waals surface area contributed by atoms with Crippen molar-refractivity contribution in [2.45, 2.75) is 20.8 Å². The molecule has 3 aromatic rings. The molecule has 0 aliphatic rings. The van der Waals surface area contributed by atoms with Crippen LogP contribution in [0.2, 0.25) is 0 Å². The van der Waals surface area contributed by atoms with Crippen molar-refractivity contribution in [1.82, 2.24) is 0 Å². The molecule has 3 aromatic carbocycles. The lowest BCUT2D eigenvalue weighted by Gasteiger charge is -2.16. The molecule has 0 aliphatic heterocycles. The fourth-order valence-corrected chi connectivity index (χ4v) is 3.35. The molecule has 34 heavy (non-hydrogen) atoms. The zero-order chi connectivity index (χ0) is 25.0. The fraction of sp³-hybridized carbons (Fsp3) is 0.160. The Balaban J connectivity index is 1.94. The van der Waals surface area contributed by atoms with Gasteiger partial charge in [0.15, 0.2) is 0 Å². The minimum absolute atomic E-state index is 0.000453. The first-order valence-corrected chi connectivity index (χ1v) is 10.2. The first-order valence-electron chi connectivity index (χ1n) is 10.2. The second kappa shape index (κ2) is 9.95. The Hall–Kier alpha value is -4.53. The molecule has 0 spiro atoms. The number of carbonyl (C=O) groups is 2. The first-order chi connectivity index (χ1) is 16.1. The van der Waals surface area contributed by atoms with Crippen molar-refractivity contribution in [3.8, 4) is 23.0 Å². The van der Waals surface area contributed by atoms with E-state index >= 15 is 0 Å². The molecule has 0 saturated heterocycles. The molecule has 0 amide bonds. The number of nitrogens with zero attached hydrogens (tertiary/aromatic N) is 1. The second-order valence-corrected chi connectivity index (χ2v) is 7.51. The highest BCUT2D eigenvalue weighted by molar-refractivity contribution is 6.01. The van der Waals surface area contributed by atoms with Crippen LogP contribution in [0.25, 0.3) is 0 Å². The number of phenolic OH excluding ortho intramolecular Hbond substituents is 3. The number of hydrazone groups is 1. The molecule has 9 nitrogen and oxygen atoms in total. The second-order valence-electron chi connectivity index (χ2n) is 7.51. The largest absolute Gasteiger partial charge is 0.507 e. The van der Waals surface area contributed by atoms with Gasteiger partial charge in [0, 0.05) is 5.56 Å². The van der Waals surface area contributed by atoms with Crippen LogP contribution in [0.1, 0.15) is 43.0 Å². The normalized spacial score (nSPS) is 10.8. The number of ether oxygens (including phenoxy) is 2. The Bertz CT molecular complexity index is 1280. The number of benzene rings is 3.